The molecule has 1 atom stereocenters. The number of nitriles is 1. The summed E-state index contributed by atoms with van der Waals surface area (Å²) in [5, 5.41) is 20.4. The number of aliphatic hydroxyl groups is 1. The van der Waals surface area contributed by atoms with E-state index in [4.69, 9.17) is 10.4 Å². The third kappa shape index (κ3) is 3.37. The minimum absolute atomic E-state index is 0.297. The number of hydrogen-bond acceptors (Lipinski definition) is 5. The van der Waals surface area contributed by atoms with Gasteiger partial charge in [-0.1, -0.05) is 0 Å². The second kappa shape index (κ2) is 5.14. The van der Waals surface area contributed by atoms with Crippen molar-refractivity contribution in [2.45, 2.75) is 19.4 Å². The minimum Gasteiger partial charge on any atom is -0.393 e. The van der Waals surface area contributed by atoms with Gasteiger partial charge in [0.15, 0.2) is 5.69 Å². The molecule has 14 heavy (non-hydrogen) atoms. The molecule has 0 saturated heterocycles. The molecule has 0 aliphatic carbocycles. The molecule has 0 fully saturated rings. The van der Waals surface area contributed by atoms with E-state index in [0.717, 1.165) is 0 Å². The fraction of sp³-hybridized carbons (Fsp3) is 0.444. The maximum absolute atomic E-state index is 8.99. The lowest BCUT2D eigenvalue weighted by Gasteiger charge is -2.05. The largest absolute Gasteiger partial charge is 0.393 e. The first kappa shape index (κ1) is 10.4. The molecule has 1 aromatic rings. The molecule has 2 N–H and O–H groups in total. The highest BCUT2D eigenvalue weighted by atomic mass is 16.3. The van der Waals surface area contributed by atoms with Gasteiger partial charge in [-0.25, -0.2) is 9.97 Å². The smallest absolute Gasteiger partial charge is 0.158 e. The van der Waals surface area contributed by atoms with E-state index in [9.17, 15) is 0 Å². The van der Waals surface area contributed by atoms with Crippen LogP contribution in [0.4, 0.5) is 5.82 Å². The maximum atomic E-state index is 8.99. The molecule has 0 aliphatic heterocycles. The van der Waals surface area contributed by atoms with Crippen molar-refractivity contribution in [3.63, 3.8) is 0 Å². The van der Waals surface area contributed by atoms with Crippen molar-refractivity contribution in [2.24, 2.45) is 0 Å². The van der Waals surface area contributed by atoms with E-state index in [1.54, 1.807) is 6.92 Å². The summed E-state index contributed by atoms with van der Waals surface area (Å²) in [5.74, 6) is 0.615. The number of rotatable bonds is 4. The van der Waals surface area contributed by atoms with E-state index >= 15 is 0 Å². The molecular formula is C9H12N4O. The third-order valence-electron chi connectivity index (χ3n) is 1.63. The van der Waals surface area contributed by atoms with Crippen molar-refractivity contribution in [3.8, 4) is 6.07 Å². The lowest BCUT2D eigenvalue weighted by Crippen LogP contribution is -2.10. The third-order valence-corrected chi connectivity index (χ3v) is 1.63. The number of anilines is 1. The molecule has 0 bridgehead atoms. The van der Waals surface area contributed by atoms with E-state index in [1.807, 2.05) is 6.07 Å². The molecule has 0 aromatic carbocycles. The molecule has 5 nitrogen and oxygen atoms in total. The molecule has 0 aliphatic rings. The van der Waals surface area contributed by atoms with Crippen molar-refractivity contribution >= 4 is 5.82 Å². The number of nitrogens with zero attached hydrogens (tertiary/aromatic N) is 3. The topological polar surface area (TPSA) is 81.8 Å². The number of hydrogen-bond donors (Lipinski definition) is 2. The maximum Gasteiger partial charge on any atom is 0.158 e. The Labute approximate surface area is 82.4 Å². The first-order valence-corrected chi connectivity index (χ1v) is 4.36. The zero-order valence-electron chi connectivity index (χ0n) is 7.94. The molecule has 0 radical (unpaired) electrons. The SMILES string of the molecule is CC(O)CCNc1cnc(C#N)cn1. The van der Waals surface area contributed by atoms with Crippen LogP contribution in [-0.2, 0) is 0 Å². The van der Waals surface area contributed by atoms with Gasteiger partial charge in [0.25, 0.3) is 0 Å². The average molecular weight is 192 g/mol. The Bertz CT molecular complexity index is 315. The number of nitrogens with one attached hydrogen (secondary N) is 1. The van der Waals surface area contributed by atoms with Crippen molar-refractivity contribution in [1.82, 2.24) is 9.97 Å². The molecule has 0 spiro atoms. The molecule has 0 amide bonds. The molecule has 1 unspecified atom stereocenters. The normalized spacial score (nSPS) is 11.8. The van der Waals surface area contributed by atoms with Gasteiger partial charge in [-0.3, -0.25) is 0 Å². The van der Waals surface area contributed by atoms with Crippen LogP contribution >= 0.6 is 0 Å². The molecule has 1 heterocycles. The van der Waals surface area contributed by atoms with Crippen molar-refractivity contribution in [3.05, 3.63) is 18.1 Å². The lowest BCUT2D eigenvalue weighted by molar-refractivity contribution is 0.188. The highest BCUT2D eigenvalue weighted by molar-refractivity contribution is 5.32. The van der Waals surface area contributed by atoms with Crippen LogP contribution in [0, 0.1) is 11.3 Å². The predicted molar refractivity (Wildman–Crippen MR) is 51.5 cm³/mol. The lowest BCUT2D eigenvalue weighted by atomic mass is 10.3. The molecule has 1 rings (SSSR count). The standard InChI is InChI=1S/C9H12N4O/c1-7(14)2-3-11-9-6-12-8(4-10)5-13-9/h5-7,14H,2-3H2,1H3,(H,11,13). The van der Waals surface area contributed by atoms with Crippen LogP contribution in [0.1, 0.15) is 19.0 Å². The fourth-order valence-corrected chi connectivity index (χ4v) is 0.886. The first-order valence-electron chi connectivity index (χ1n) is 4.36. The zero-order valence-corrected chi connectivity index (χ0v) is 7.94. The Morgan fingerprint density at radius 1 is 1.57 bits per heavy atom. The Balaban J connectivity index is 2.41. The van der Waals surface area contributed by atoms with Crippen LogP contribution in [0.2, 0.25) is 0 Å². The first-order chi connectivity index (χ1) is 6.72. The Kier molecular flexibility index (Phi) is 3.83. The summed E-state index contributed by atoms with van der Waals surface area (Å²) < 4.78 is 0. The second-order valence-electron chi connectivity index (χ2n) is 2.96. The summed E-state index contributed by atoms with van der Waals surface area (Å²) in [5.41, 5.74) is 0.297. The quantitative estimate of drug-likeness (QED) is 0.727. The van der Waals surface area contributed by atoms with Gasteiger partial charge in [0.1, 0.15) is 11.9 Å². The summed E-state index contributed by atoms with van der Waals surface area (Å²) in [4.78, 5) is 7.81. The Morgan fingerprint density at radius 2 is 2.36 bits per heavy atom. The minimum atomic E-state index is -0.325. The van der Waals surface area contributed by atoms with Gasteiger partial charge in [0.2, 0.25) is 0 Å². The second-order valence-corrected chi connectivity index (χ2v) is 2.96. The molecule has 74 valence electrons. The fourth-order valence-electron chi connectivity index (χ4n) is 0.886. The van der Waals surface area contributed by atoms with Crippen molar-refractivity contribution < 1.29 is 5.11 Å². The van der Waals surface area contributed by atoms with Gasteiger partial charge in [0.05, 0.1) is 18.5 Å². The molecular weight excluding hydrogens is 180 g/mol. The van der Waals surface area contributed by atoms with Gasteiger partial charge < -0.3 is 10.4 Å². The Morgan fingerprint density at radius 3 is 2.86 bits per heavy atom. The van der Waals surface area contributed by atoms with Crippen molar-refractivity contribution in [2.75, 3.05) is 11.9 Å². The Hall–Kier alpha value is -1.67. The van der Waals surface area contributed by atoms with Gasteiger partial charge in [-0.05, 0) is 13.3 Å². The van der Waals surface area contributed by atoms with E-state index in [1.165, 1.54) is 12.4 Å². The van der Waals surface area contributed by atoms with Crippen molar-refractivity contribution in [1.29, 1.82) is 5.26 Å². The molecule has 1 aromatic heterocycles. The average Bonchev–Trinajstić information content (AvgIpc) is 2.18. The molecule has 0 saturated carbocycles. The highest BCUT2D eigenvalue weighted by Gasteiger charge is 1.97. The highest BCUT2D eigenvalue weighted by Crippen LogP contribution is 2.00. The summed E-state index contributed by atoms with van der Waals surface area (Å²) in [6, 6.07) is 1.89. The van der Waals surface area contributed by atoms with E-state index in [2.05, 4.69) is 15.3 Å². The van der Waals surface area contributed by atoms with Gasteiger partial charge in [0, 0.05) is 6.54 Å². The van der Waals surface area contributed by atoms with Crippen LogP contribution in [0.5, 0.6) is 0 Å². The number of aromatic nitrogens is 2. The van der Waals surface area contributed by atoms with Gasteiger partial charge >= 0.3 is 0 Å². The summed E-state index contributed by atoms with van der Waals surface area (Å²) in [6.07, 6.45) is 3.24. The number of aliphatic hydroxyl groups excluding tert-OH is 1. The van der Waals surface area contributed by atoms with Crippen LogP contribution in [0.15, 0.2) is 12.4 Å². The summed E-state index contributed by atoms with van der Waals surface area (Å²) >= 11 is 0. The zero-order chi connectivity index (χ0) is 10.4. The van der Waals surface area contributed by atoms with E-state index < -0.39 is 0 Å². The van der Waals surface area contributed by atoms with Crippen LogP contribution in [0.25, 0.3) is 0 Å². The monoisotopic (exact) mass is 192 g/mol. The van der Waals surface area contributed by atoms with Crippen LogP contribution in [0.3, 0.4) is 0 Å². The van der Waals surface area contributed by atoms with Gasteiger partial charge in [-0.2, -0.15) is 5.26 Å². The molecule has 5 heteroatoms. The van der Waals surface area contributed by atoms with Crippen LogP contribution in [-0.4, -0.2) is 27.7 Å². The summed E-state index contributed by atoms with van der Waals surface area (Å²) in [7, 11) is 0. The van der Waals surface area contributed by atoms with Crippen LogP contribution < -0.4 is 5.32 Å². The summed E-state index contributed by atoms with van der Waals surface area (Å²) in [6.45, 7) is 2.37. The van der Waals surface area contributed by atoms with E-state index in [-0.39, 0.29) is 6.10 Å². The van der Waals surface area contributed by atoms with Gasteiger partial charge in [-0.15, -0.1) is 0 Å². The predicted octanol–water partition coefficient (Wildman–Crippen LogP) is 0.531. The van der Waals surface area contributed by atoms with E-state index in [0.29, 0.717) is 24.5 Å².